The third-order valence-corrected chi connectivity index (χ3v) is 18.2. The van der Waals surface area contributed by atoms with Gasteiger partial charge in [-0.05, 0) is 125 Å². The van der Waals surface area contributed by atoms with Crippen molar-refractivity contribution < 1.29 is 0 Å². The highest BCUT2D eigenvalue weighted by atomic mass is 32.1. The van der Waals surface area contributed by atoms with Crippen molar-refractivity contribution in [1.82, 2.24) is 0 Å². The Morgan fingerprint density at radius 3 is 1.25 bits per heavy atom. The Labute approximate surface area is 446 Å². The molecule has 0 saturated heterocycles. The fourth-order valence-electron chi connectivity index (χ4n) is 14.1. The Morgan fingerprint density at radius 2 is 0.658 bits per heavy atom. The molecule has 0 atom stereocenters. The van der Waals surface area contributed by atoms with Crippen LogP contribution in [0, 0.1) is 0 Å². The van der Waals surface area contributed by atoms with Gasteiger partial charge in [0.25, 0.3) is 0 Å². The van der Waals surface area contributed by atoms with Gasteiger partial charge in [-0.2, -0.15) is 0 Å². The summed E-state index contributed by atoms with van der Waals surface area (Å²) >= 11 is 1.89. The van der Waals surface area contributed by atoms with E-state index in [0.717, 1.165) is 11.4 Å². The van der Waals surface area contributed by atoms with Crippen LogP contribution in [-0.2, 0) is 10.8 Å². The van der Waals surface area contributed by atoms with Crippen LogP contribution in [0.5, 0.6) is 0 Å². The molecule has 0 N–H and O–H groups in total. The maximum absolute atomic E-state index is 2.61. The lowest BCUT2D eigenvalue weighted by molar-refractivity contribution is 0.772. The highest BCUT2D eigenvalue weighted by molar-refractivity contribution is 7.26. The van der Waals surface area contributed by atoms with E-state index in [2.05, 4.69) is 290 Å². The van der Waals surface area contributed by atoms with Crippen molar-refractivity contribution in [2.75, 3.05) is 4.90 Å². The first-order chi connectivity index (χ1) is 37.7. The Balaban J connectivity index is 1.01. The molecule has 0 amide bonds. The third-order valence-electron chi connectivity index (χ3n) is 17.0. The Bertz CT molecular complexity index is 4360. The predicted octanol–water partition coefficient (Wildman–Crippen LogP) is 19.6. The number of benzene rings is 12. The molecule has 1 nitrogen and oxygen atoms in total. The van der Waals surface area contributed by atoms with Crippen LogP contribution in [-0.4, -0.2) is 0 Å². The molecule has 1 aromatic heterocycles. The van der Waals surface area contributed by atoms with Crippen molar-refractivity contribution in [3.05, 3.63) is 330 Å². The van der Waals surface area contributed by atoms with E-state index in [1.165, 1.54) is 126 Å². The predicted molar refractivity (Wildman–Crippen MR) is 318 cm³/mol. The van der Waals surface area contributed by atoms with Crippen LogP contribution in [0.2, 0.25) is 0 Å². The third kappa shape index (κ3) is 5.79. The summed E-state index contributed by atoms with van der Waals surface area (Å²) in [5, 5.41) is 2.56. The molecule has 1 spiro atoms. The minimum absolute atomic E-state index is 0.487. The van der Waals surface area contributed by atoms with E-state index in [1.54, 1.807) is 0 Å². The summed E-state index contributed by atoms with van der Waals surface area (Å²) in [6.07, 6.45) is 0. The molecule has 354 valence electrons. The van der Waals surface area contributed by atoms with Gasteiger partial charge in [-0.3, -0.25) is 0 Å². The number of fused-ring (bicyclic) bond motifs is 16. The van der Waals surface area contributed by atoms with Crippen LogP contribution >= 0.6 is 11.3 Å². The molecule has 16 rings (SSSR count). The molecule has 13 aromatic rings. The summed E-state index contributed by atoms with van der Waals surface area (Å²) in [6.45, 7) is 0. The average molecular weight is 982 g/mol. The second-order valence-electron chi connectivity index (χ2n) is 20.5. The maximum atomic E-state index is 2.61. The van der Waals surface area contributed by atoms with Crippen molar-refractivity contribution in [2.24, 2.45) is 0 Å². The first-order valence-corrected chi connectivity index (χ1v) is 27.2. The molecular weight excluding hydrogens is 935 g/mol. The Hall–Kier alpha value is -9.34. The highest BCUT2D eigenvalue weighted by Crippen LogP contribution is 2.66. The average Bonchev–Trinajstić information content (AvgIpc) is 4.38. The first kappa shape index (κ1) is 43.1. The molecule has 0 unspecified atom stereocenters. The molecular formula is C74H47NS. The minimum atomic E-state index is -0.692. The molecule has 76 heavy (non-hydrogen) atoms. The van der Waals surface area contributed by atoms with Gasteiger partial charge in [0.2, 0.25) is 0 Å². The number of nitrogens with zero attached hydrogens (tertiary/aromatic N) is 1. The van der Waals surface area contributed by atoms with Crippen molar-refractivity contribution in [1.29, 1.82) is 0 Å². The first-order valence-electron chi connectivity index (χ1n) is 26.4. The van der Waals surface area contributed by atoms with E-state index in [4.69, 9.17) is 0 Å². The van der Waals surface area contributed by atoms with Crippen molar-refractivity contribution in [2.45, 2.75) is 10.8 Å². The summed E-state index contributed by atoms with van der Waals surface area (Å²) in [7, 11) is 0. The molecule has 0 aliphatic heterocycles. The monoisotopic (exact) mass is 981 g/mol. The van der Waals surface area contributed by atoms with Crippen LogP contribution in [0.4, 0.5) is 17.1 Å². The van der Waals surface area contributed by atoms with Crippen molar-refractivity contribution >= 4 is 48.6 Å². The zero-order valence-corrected chi connectivity index (χ0v) is 42.3. The molecule has 0 bridgehead atoms. The number of hydrogen-bond donors (Lipinski definition) is 0. The zero-order valence-electron chi connectivity index (χ0n) is 41.5. The van der Waals surface area contributed by atoms with E-state index < -0.39 is 10.8 Å². The standard InChI is InChI=1S/C74H47NS/c1-3-23-48(24-4-1)51-27-7-14-35-60(51)73(61-36-15-8-28-52(61)49-25-5-2-6-26-49)64-39-18-11-31-55(64)59-47-50(45-46-66(59)73)75(69-43-21-34-57-56-32-13-20-44-70(56)76-72(57)69)68-42-22-41-67-71(68)58-33-12-19-40-65(58)74(67)62-37-16-9-29-53(62)54-30-10-17-38-63(54)74/h1-47H. The van der Waals surface area contributed by atoms with Crippen LogP contribution in [0.3, 0.4) is 0 Å². The second-order valence-corrected chi connectivity index (χ2v) is 21.6. The van der Waals surface area contributed by atoms with Gasteiger partial charge in [0.05, 0.1) is 26.9 Å². The normalized spacial score (nSPS) is 13.7. The lowest BCUT2D eigenvalue weighted by atomic mass is 9.64. The largest absolute Gasteiger partial charge is 0.308 e. The summed E-state index contributed by atoms with van der Waals surface area (Å²) in [5.41, 5.74) is 25.1. The Kier molecular flexibility index (Phi) is 9.40. The van der Waals surface area contributed by atoms with Gasteiger partial charge in [-0.15, -0.1) is 11.3 Å². The summed E-state index contributed by atoms with van der Waals surface area (Å²) in [4.78, 5) is 2.61. The summed E-state index contributed by atoms with van der Waals surface area (Å²) in [5.74, 6) is 0. The topological polar surface area (TPSA) is 3.24 Å². The van der Waals surface area contributed by atoms with Crippen LogP contribution < -0.4 is 4.90 Å². The maximum Gasteiger partial charge on any atom is 0.0726 e. The van der Waals surface area contributed by atoms with Crippen molar-refractivity contribution in [3.8, 4) is 55.6 Å². The smallest absolute Gasteiger partial charge is 0.0726 e. The number of hydrogen-bond acceptors (Lipinski definition) is 2. The van der Waals surface area contributed by atoms with Gasteiger partial charge in [-0.1, -0.05) is 255 Å². The van der Waals surface area contributed by atoms with Gasteiger partial charge in [0.15, 0.2) is 0 Å². The van der Waals surface area contributed by atoms with E-state index in [-0.39, 0.29) is 0 Å². The summed E-state index contributed by atoms with van der Waals surface area (Å²) in [6, 6.07) is 107. The van der Waals surface area contributed by atoms with Crippen LogP contribution in [0.1, 0.15) is 44.5 Å². The minimum Gasteiger partial charge on any atom is -0.308 e. The van der Waals surface area contributed by atoms with E-state index in [1.807, 2.05) is 11.3 Å². The molecule has 12 aromatic carbocycles. The number of thiophene rings is 1. The lowest BCUT2D eigenvalue weighted by Crippen LogP contribution is -2.30. The van der Waals surface area contributed by atoms with Gasteiger partial charge < -0.3 is 4.90 Å². The van der Waals surface area contributed by atoms with Crippen LogP contribution in [0.25, 0.3) is 75.8 Å². The SMILES string of the molecule is c1ccc(-c2ccccc2C2(c3ccccc3-c3ccccc3)c3ccccc3-c3cc(N(c4cccc5c4-c4ccccc4C54c5ccccc5-c5ccccc54)c4cccc5c4sc4ccccc45)ccc32)cc1. The zero-order chi connectivity index (χ0) is 50.0. The fourth-order valence-corrected chi connectivity index (χ4v) is 15.3. The van der Waals surface area contributed by atoms with Gasteiger partial charge in [0.1, 0.15) is 0 Å². The second kappa shape index (κ2) is 16.6. The molecule has 2 heteroatoms. The molecule has 0 fully saturated rings. The van der Waals surface area contributed by atoms with Gasteiger partial charge in [-0.25, -0.2) is 0 Å². The number of anilines is 3. The molecule has 0 radical (unpaired) electrons. The Morgan fingerprint density at radius 1 is 0.263 bits per heavy atom. The van der Waals surface area contributed by atoms with E-state index in [9.17, 15) is 0 Å². The number of rotatable bonds is 7. The lowest BCUT2D eigenvalue weighted by Gasteiger charge is -2.37. The van der Waals surface area contributed by atoms with Crippen LogP contribution in [0.15, 0.2) is 285 Å². The quantitative estimate of drug-likeness (QED) is 0.154. The fraction of sp³-hybridized carbons (Fsp3) is 0.0270. The summed E-state index contributed by atoms with van der Waals surface area (Å²) < 4.78 is 2.55. The molecule has 1 heterocycles. The molecule has 3 aliphatic rings. The van der Waals surface area contributed by atoms with Gasteiger partial charge in [0, 0.05) is 26.7 Å². The van der Waals surface area contributed by atoms with Gasteiger partial charge >= 0.3 is 0 Å². The molecule has 0 saturated carbocycles. The molecule has 3 aliphatic carbocycles. The van der Waals surface area contributed by atoms with Crippen molar-refractivity contribution in [3.63, 3.8) is 0 Å². The van der Waals surface area contributed by atoms with E-state index >= 15 is 0 Å². The highest BCUT2D eigenvalue weighted by Gasteiger charge is 2.53. The van der Waals surface area contributed by atoms with E-state index in [0.29, 0.717) is 0 Å².